The van der Waals surface area contributed by atoms with E-state index in [0.717, 1.165) is 4.47 Å². The number of benzene rings is 1. The Balaban J connectivity index is 2.34. The molecule has 4 heteroatoms. The van der Waals surface area contributed by atoms with Gasteiger partial charge in [0.05, 0.1) is 0 Å². The van der Waals surface area contributed by atoms with Gasteiger partial charge in [0.15, 0.2) is 0 Å². The fourth-order valence-corrected chi connectivity index (χ4v) is 1.33. The Kier molecular flexibility index (Phi) is 5.36. The highest BCUT2D eigenvalue weighted by Crippen LogP contribution is 2.16. The van der Waals surface area contributed by atoms with Crippen molar-refractivity contribution in [3.8, 4) is 5.75 Å². The van der Waals surface area contributed by atoms with E-state index in [0.29, 0.717) is 25.0 Å². The van der Waals surface area contributed by atoms with E-state index in [1.54, 1.807) is 12.1 Å². The topological polar surface area (TPSA) is 46.5 Å². The van der Waals surface area contributed by atoms with Gasteiger partial charge >= 0.3 is 5.97 Å². The number of aliphatic hydroxyl groups excluding tert-OH is 1. The number of unbranched alkanes of at least 4 members (excludes halogenated alkanes) is 1. The van der Waals surface area contributed by atoms with Crippen LogP contribution in [0.15, 0.2) is 28.7 Å². The molecule has 0 bridgehead atoms. The summed E-state index contributed by atoms with van der Waals surface area (Å²) in [6.07, 6.45) is 1.64. The largest absolute Gasteiger partial charge is 0.427 e. The van der Waals surface area contributed by atoms with E-state index >= 15 is 0 Å². The Morgan fingerprint density at radius 1 is 1.27 bits per heavy atom. The first-order chi connectivity index (χ1) is 7.22. The number of halogens is 1. The van der Waals surface area contributed by atoms with Gasteiger partial charge in [0.2, 0.25) is 0 Å². The van der Waals surface area contributed by atoms with E-state index < -0.39 is 0 Å². The molecule has 1 aromatic carbocycles. The predicted molar refractivity (Wildman–Crippen MR) is 60.7 cm³/mol. The molecule has 0 atom stereocenters. The first-order valence-corrected chi connectivity index (χ1v) is 5.59. The molecular weight excluding hydrogens is 260 g/mol. The fraction of sp³-hybridized carbons (Fsp3) is 0.364. The molecule has 0 saturated heterocycles. The quantitative estimate of drug-likeness (QED) is 0.509. The lowest BCUT2D eigenvalue weighted by molar-refractivity contribution is -0.134. The van der Waals surface area contributed by atoms with Crippen molar-refractivity contribution < 1.29 is 14.6 Å². The van der Waals surface area contributed by atoms with Crippen molar-refractivity contribution in [3.63, 3.8) is 0 Å². The van der Waals surface area contributed by atoms with E-state index in [-0.39, 0.29) is 12.6 Å². The van der Waals surface area contributed by atoms with Crippen molar-refractivity contribution in [1.82, 2.24) is 0 Å². The minimum atomic E-state index is -0.259. The SMILES string of the molecule is O=C(CCCCO)Oc1ccc(Br)cc1. The van der Waals surface area contributed by atoms with Gasteiger partial charge in [-0.05, 0) is 37.1 Å². The number of esters is 1. The number of carbonyl (C=O) groups is 1. The van der Waals surface area contributed by atoms with Gasteiger partial charge in [-0.2, -0.15) is 0 Å². The van der Waals surface area contributed by atoms with Gasteiger partial charge in [-0.1, -0.05) is 15.9 Å². The monoisotopic (exact) mass is 272 g/mol. The molecule has 1 aromatic rings. The average Bonchev–Trinajstić information content (AvgIpc) is 2.22. The maximum Gasteiger partial charge on any atom is 0.311 e. The van der Waals surface area contributed by atoms with Gasteiger partial charge < -0.3 is 9.84 Å². The molecule has 0 saturated carbocycles. The highest BCUT2D eigenvalue weighted by molar-refractivity contribution is 9.10. The Morgan fingerprint density at radius 3 is 2.53 bits per heavy atom. The van der Waals surface area contributed by atoms with Crippen LogP contribution in [0.25, 0.3) is 0 Å². The molecule has 0 aliphatic heterocycles. The minimum absolute atomic E-state index is 0.117. The van der Waals surface area contributed by atoms with Crippen LogP contribution in [-0.2, 0) is 4.79 Å². The molecule has 1 N–H and O–H groups in total. The molecule has 0 aromatic heterocycles. The molecule has 0 heterocycles. The second-order valence-corrected chi connectivity index (χ2v) is 4.02. The molecule has 15 heavy (non-hydrogen) atoms. The second-order valence-electron chi connectivity index (χ2n) is 3.11. The number of hydrogen-bond donors (Lipinski definition) is 1. The highest BCUT2D eigenvalue weighted by atomic mass is 79.9. The van der Waals surface area contributed by atoms with Crippen molar-refractivity contribution >= 4 is 21.9 Å². The molecule has 0 unspecified atom stereocenters. The van der Waals surface area contributed by atoms with Crippen molar-refractivity contribution in [2.24, 2.45) is 0 Å². The number of aliphatic hydroxyl groups is 1. The second kappa shape index (κ2) is 6.58. The summed E-state index contributed by atoms with van der Waals surface area (Å²) in [6.45, 7) is 0.117. The molecule has 0 aliphatic rings. The Bertz CT molecular complexity index is 308. The molecule has 0 radical (unpaired) electrons. The summed E-state index contributed by atoms with van der Waals surface area (Å²) in [7, 11) is 0. The van der Waals surface area contributed by atoms with Crippen molar-refractivity contribution in [1.29, 1.82) is 0 Å². The third kappa shape index (κ3) is 4.95. The van der Waals surface area contributed by atoms with Crippen LogP contribution < -0.4 is 4.74 Å². The third-order valence-corrected chi connectivity index (χ3v) is 2.36. The zero-order valence-corrected chi connectivity index (χ0v) is 9.87. The van der Waals surface area contributed by atoms with Gasteiger partial charge in [0.1, 0.15) is 5.75 Å². The Morgan fingerprint density at radius 2 is 1.93 bits per heavy atom. The lowest BCUT2D eigenvalue weighted by Gasteiger charge is -2.03. The number of ether oxygens (including phenoxy) is 1. The van der Waals surface area contributed by atoms with Gasteiger partial charge in [-0.15, -0.1) is 0 Å². The average molecular weight is 273 g/mol. The van der Waals surface area contributed by atoms with Gasteiger partial charge in [0.25, 0.3) is 0 Å². The normalized spacial score (nSPS) is 10.0. The zero-order valence-electron chi connectivity index (χ0n) is 8.28. The maximum atomic E-state index is 11.3. The Labute approximate surface area is 97.2 Å². The van der Waals surface area contributed by atoms with Crippen LogP contribution in [0.2, 0.25) is 0 Å². The summed E-state index contributed by atoms with van der Waals surface area (Å²) in [5.41, 5.74) is 0. The van der Waals surface area contributed by atoms with Crippen molar-refractivity contribution in [3.05, 3.63) is 28.7 Å². The summed E-state index contributed by atoms with van der Waals surface area (Å²) >= 11 is 3.29. The van der Waals surface area contributed by atoms with E-state index in [4.69, 9.17) is 9.84 Å². The van der Waals surface area contributed by atoms with Gasteiger partial charge in [-0.25, -0.2) is 0 Å². The van der Waals surface area contributed by atoms with Crippen LogP contribution in [0.1, 0.15) is 19.3 Å². The van der Waals surface area contributed by atoms with Crippen LogP contribution >= 0.6 is 15.9 Å². The molecule has 82 valence electrons. The minimum Gasteiger partial charge on any atom is -0.427 e. The predicted octanol–water partition coefficient (Wildman–Crippen LogP) is 2.52. The van der Waals surface area contributed by atoms with Crippen LogP contribution in [-0.4, -0.2) is 17.7 Å². The summed E-state index contributed by atoms with van der Waals surface area (Å²) in [5.74, 6) is 0.290. The van der Waals surface area contributed by atoms with E-state index in [9.17, 15) is 4.79 Å². The zero-order chi connectivity index (χ0) is 11.1. The van der Waals surface area contributed by atoms with Crippen molar-refractivity contribution in [2.45, 2.75) is 19.3 Å². The van der Waals surface area contributed by atoms with Crippen LogP contribution in [0.3, 0.4) is 0 Å². The van der Waals surface area contributed by atoms with E-state index in [1.165, 1.54) is 0 Å². The van der Waals surface area contributed by atoms with Crippen LogP contribution in [0.5, 0.6) is 5.75 Å². The molecule has 0 spiro atoms. The first-order valence-electron chi connectivity index (χ1n) is 4.79. The van der Waals surface area contributed by atoms with Crippen molar-refractivity contribution in [2.75, 3.05) is 6.61 Å². The third-order valence-electron chi connectivity index (χ3n) is 1.83. The Hall–Kier alpha value is -0.870. The maximum absolute atomic E-state index is 11.3. The number of hydrogen-bond acceptors (Lipinski definition) is 3. The first kappa shape index (κ1) is 12.2. The highest BCUT2D eigenvalue weighted by Gasteiger charge is 2.03. The smallest absolute Gasteiger partial charge is 0.311 e. The van der Waals surface area contributed by atoms with E-state index in [2.05, 4.69) is 15.9 Å². The summed E-state index contributed by atoms with van der Waals surface area (Å²) in [4.78, 5) is 11.3. The van der Waals surface area contributed by atoms with Gasteiger partial charge in [-0.3, -0.25) is 4.79 Å². The molecule has 0 amide bonds. The molecule has 3 nitrogen and oxygen atoms in total. The number of carbonyl (C=O) groups excluding carboxylic acids is 1. The van der Waals surface area contributed by atoms with Crippen LogP contribution in [0, 0.1) is 0 Å². The fourth-order valence-electron chi connectivity index (χ4n) is 1.07. The summed E-state index contributed by atoms with van der Waals surface area (Å²) in [5, 5.41) is 8.54. The summed E-state index contributed by atoms with van der Waals surface area (Å²) < 4.78 is 6.02. The molecule has 0 fully saturated rings. The molecule has 1 rings (SSSR count). The lowest BCUT2D eigenvalue weighted by atomic mass is 10.2. The lowest BCUT2D eigenvalue weighted by Crippen LogP contribution is -2.07. The summed E-state index contributed by atoms with van der Waals surface area (Å²) in [6, 6.07) is 7.09. The van der Waals surface area contributed by atoms with Crippen LogP contribution in [0.4, 0.5) is 0 Å². The molecule has 0 aliphatic carbocycles. The van der Waals surface area contributed by atoms with Gasteiger partial charge in [0, 0.05) is 17.5 Å². The standard InChI is InChI=1S/C11H13BrO3/c12-9-4-6-10(7-5-9)15-11(14)3-1-2-8-13/h4-7,13H,1-3,8H2. The molecular formula is C11H13BrO3. The number of rotatable bonds is 5. The van der Waals surface area contributed by atoms with E-state index in [1.807, 2.05) is 12.1 Å².